The van der Waals surface area contributed by atoms with Crippen molar-refractivity contribution in [1.82, 2.24) is 0 Å². The van der Waals surface area contributed by atoms with Crippen molar-refractivity contribution in [2.45, 2.75) is 20.0 Å². The number of carbonyl (C=O) groups excluding carboxylic acids is 2. The van der Waals surface area contributed by atoms with E-state index in [1.807, 2.05) is 0 Å². The monoisotopic (exact) mass is 392 g/mol. The van der Waals surface area contributed by atoms with Gasteiger partial charge in [0.2, 0.25) is 0 Å². The molecule has 142 valence electrons. The second-order valence-electron chi connectivity index (χ2n) is 5.59. The second kappa shape index (κ2) is 8.50. The molecular weight excluding hydrogens is 376 g/mol. The molecule has 1 unspecified atom stereocenters. The Labute approximate surface area is 160 Å². The minimum Gasteiger partial charge on any atom is -0.495 e. The van der Waals surface area contributed by atoms with Gasteiger partial charge in [-0.25, -0.2) is 4.79 Å². The summed E-state index contributed by atoms with van der Waals surface area (Å²) in [6.07, 6.45) is -1.15. The normalized spacial score (nSPS) is 11.4. The van der Waals surface area contributed by atoms with Crippen LogP contribution in [0.4, 0.5) is 11.4 Å². The number of ether oxygens (including phenoxy) is 2. The van der Waals surface area contributed by atoms with Gasteiger partial charge in [0.1, 0.15) is 5.75 Å². The number of benzene rings is 2. The molecule has 2 rings (SSSR count). The fraction of sp³-hybridized carbons (Fsp3) is 0.222. The van der Waals surface area contributed by atoms with Crippen molar-refractivity contribution in [1.29, 1.82) is 0 Å². The average Bonchev–Trinajstić information content (AvgIpc) is 2.61. The minimum atomic E-state index is -1.15. The van der Waals surface area contributed by atoms with Crippen molar-refractivity contribution >= 4 is 34.9 Å². The summed E-state index contributed by atoms with van der Waals surface area (Å²) in [7, 11) is 1.44. The van der Waals surface area contributed by atoms with Gasteiger partial charge in [-0.15, -0.1) is 0 Å². The van der Waals surface area contributed by atoms with Crippen molar-refractivity contribution in [2.75, 3.05) is 12.4 Å². The molecular formula is C18H17ClN2O6. The van der Waals surface area contributed by atoms with Crippen LogP contribution in [0.2, 0.25) is 5.02 Å². The zero-order chi connectivity index (χ0) is 20.1. The molecule has 1 amide bonds. The lowest BCUT2D eigenvalue weighted by molar-refractivity contribution is -0.385. The number of rotatable bonds is 6. The largest absolute Gasteiger partial charge is 0.495 e. The van der Waals surface area contributed by atoms with Gasteiger partial charge in [-0.3, -0.25) is 14.9 Å². The molecule has 0 saturated carbocycles. The van der Waals surface area contributed by atoms with Crippen LogP contribution in [-0.2, 0) is 9.53 Å². The molecule has 0 aliphatic rings. The van der Waals surface area contributed by atoms with E-state index >= 15 is 0 Å². The van der Waals surface area contributed by atoms with Crippen molar-refractivity contribution in [3.8, 4) is 5.75 Å². The number of nitro groups is 1. The van der Waals surface area contributed by atoms with E-state index in [4.69, 9.17) is 21.1 Å². The van der Waals surface area contributed by atoms with Gasteiger partial charge in [0.25, 0.3) is 11.6 Å². The smallest absolute Gasteiger partial charge is 0.339 e. The van der Waals surface area contributed by atoms with Gasteiger partial charge >= 0.3 is 5.97 Å². The molecule has 9 heteroatoms. The van der Waals surface area contributed by atoms with Gasteiger partial charge in [-0.2, -0.15) is 0 Å². The number of nitrogens with zero attached hydrogens (tertiary/aromatic N) is 1. The van der Waals surface area contributed by atoms with Gasteiger partial charge in [-0.1, -0.05) is 17.7 Å². The molecule has 8 nitrogen and oxygen atoms in total. The van der Waals surface area contributed by atoms with Crippen LogP contribution in [0.1, 0.15) is 22.8 Å². The summed E-state index contributed by atoms with van der Waals surface area (Å²) in [5, 5.41) is 13.9. The van der Waals surface area contributed by atoms with Crippen LogP contribution in [0.5, 0.6) is 5.75 Å². The maximum Gasteiger partial charge on any atom is 0.339 e. The molecule has 27 heavy (non-hydrogen) atoms. The van der Waals surface area contributed by atoms with Crippen LogP contribution in [0.25, 0.3) is 0 Å². The third-order valence-corrected chi connectivity index (χ3v) is 4.03. The highest BCUT2D eigenvalue weighted by atomic mass is 35.5. The highest BCUT2D eigenvalue weighted by molar-refractivity contribution is 6.31. The zero-order valence-corrected chi connectivity index (χ0v) is 15.6. The summed E-state index contributed by atoms with van der Waals surface area (Å²) >= 11 is 5.91. The Hall–Kier alpha value is -3.13. The second-order valence-corrected chi connectivity index (χ2v) is 6.02. The quantitative estimate of drug-likeness (QED) is 0.455. The maximum absolute atomic E-state index is 12.3. The van der Waals surface area contributed by atoms with Crippen molar-refractivity contribution in [2.24, 2.45) is 0 Å². The van der Waals surface area contributed by atoms with E-state index in [9.17, 15) is 19.7 Å². The predicted octanol–water partition coefficient (Wildman–Crippen LogP) is 3.75. The number of hydrogen-bond acceptors (Lipinski definition) is 6. The summed E-state index contributed by atoms with van der Waals surface area (Å²) in [5.41, 5.74) is 0.301. The van der Waals surface area contributed by atoms with Gasteiger partial charge in [-0.05, 0) is 38.1 Å². The molecule has 0 aliphatic heterocycles. The highest BCUT2D eigenvalue weighted by Gasteiger charge is 2.24. The van der Waals surface area contributed by atoms with E-state index in [1.54, 1.807) is 12.1 Å². The van der Waals surface area contributed by atoms with Crippen LogP contribution in [0.3, 0.4) is 0 Å². The lowest BCUT2D eigenvalue weighted by Crippen LogP contribution is -2.30. The Bertz CT molecular complexity index is 899. The Kier molecular flexibility index (Phi) is 6.36. The first-order valence-corrected chi connectivity index (χ1v) is 8.21. The molecule has 0 bridgehead atoms. The third-order valence-electron chi connectivity index (χ3n) is 3.79. The lowest BCUT2D eigenvalue weighted by atomic mass is 10.1. The summed E-state index contributed by atoms with van der Waals surface area (Å²) in [5.74, 6) is -1.05. The van der Waals surface area contributed by atoms with E-state index in [-0.39, 0.29) is 16.8 Å². The molecule has 1 atom stereocenters. The third kappa shape index (κ3) is 4.73. The summed E-state index contributed by atoms with van der Waals surface area (Å²) in [6.45, 7) is 2.83. The fourth-order valence-corrected chi connectivity index (χ4v) is 2.50. The van der Waals surface area contributed by atoms with Gasteiger partial charge < -0.3 is 14.8 Å². The molecule has 2 aromatic carbocycles. The molecule has 2 aromatic rings. The number of amides is 1. The van der Waals surface area contributed by atoms with E-state index in [2.05, 4.69) is 5.32 Å². The van der Waals surface area contributed by atoms with Crippen molar-refractivity contribution < 1.29 is 24.0 Å². The number of anilines is 1. The first-order chi connectivity index (χ1) is 12.7. The number of methoxy groups -OCH3 is 1. The van der Waals surface area contributed by atoms with Crippen LogP contribution in [0.15, 0.2) is 36.4 Å². The minimum absolute atomic E-state index is 0.0178. The number of nitro benzene ring substituents is 1. The maximum atomic E-state index is 12.3. The Morgan fingerprint density at radius 2 is 1.96 bits per heavy atom. The van der Waals surface area contributed by atoms with Crippen LogP contribution >= 0.6 is 11.6 Å². The van der Waals surface area contributed by atoms with Gasteiger partial charge in [0, 0.05) is 16.7 Å². The number of halogens is 1. The van der Waals surface area contributed by atoms with E-state index in [1.165, 1.54) is 45.2 Å². The number of nitrogens with one attached hydrogen (secondary N) is 1. The SMILES string of the molecule is COc1ccc(Cl)cc1NC(=O)C(C)OC(=O)c1cccc([N+](=O)[O-])c1C. The van der Waals surface area contributed by atoms with Gasteiger partial charge in [0.05, 0.1) is 23.3 Å². The first-order valence-electron chi connectivity index (χ1n) is 7.84. The molecule has 1 N–H and O–H groups in total. The molecule has 0 saturated heterocycles. The molecule has 0 aromatic heterocycles. The molecule has 0 radical (unpaired) electrons. The Morgan fingerprint density at radius 1 is 1.26 bits per heavy atom. The van der Waals surface area contributed by atoms with Crippen LogP contribution in [-0.4, -0.2) is 30.0 Å². The van der Waals surface area contributed by atoms with Crippen molar-refractivity contribution in [3.63, 3.8) is 0 Å². The Morgan fingerprint density at radius 3 is 2.59 bits per heavy atom. The average molecular weight is 393 g/mol. The van der Waals surface area contributed by atoms with Crippen molar-refractivity contribution in [3.05, 3.63) is 62.7 Å². The molecule has 0 aliphatic carbocycles. The molecule has 0 spiro atoms. The predicted molar refractivity (Wildman–Crippen MR) is 99.3 cm³/mol. The molecule has 0 heterocycles. The first kappa shape index (κ1) is 20.2. The number of hydrogen-bond donors (Lipinski definition) is 1. The Balaban J connectivity index is 2.13. The van der Waals surface area contributed by atoms with E-state index in [0.717, 1.165) is 0 Å². The summed E-state index contributed by atoms with van der Waals surface area (Å²) < 4.78 is 10.3. The standard InChI is InChI=1S/C18H17ClN2O6/c1-10-13(5-4-6-15(10)21(24)25)18(23)27-11(2)17(22)20-14-9-12(19)7-8-16(14)26-3/h4-9,11H,1-3H3,(H,20,22). The number of carbonyl (C=O) groups is 2. The van der Waals surface area contributed by atoms with Crippen LogP contribution in [0, 0.1) is 17.0 Å². The van der Waals surface area contributed by atoms with Gasteiger partial charge in [0.15, 0.2) is 6.10 Å². The highest BCUT2D eigenvalue weighted by Crippen LogP contribution is 2.28. The summed E-state index contributed by atoms with van der Waals surface area (Å²) in [6, 6.07) is 8.75. The zero-order valence-electron chi connectivity index (χ0n) is 14.8. The molecule has 0 fully saturated rings. The summed E-state index contributed by atoms with van der Waals surface area (Å²) in [4.78, 5) is 35.0. The number of esters is 1. The van der Waals surface area contributed by atoms with E-state index < -0.39 is 22.9 Å². The van der Waals surface area contributed by atoms with E-state index in [0.29, 0.717) is 16.5 Å². The fourth-order valence-electron chi connectivity index (χ4n) is 2.33. The lowest BCUT2D eigenvalue weighted by Gasteiger charge is -2.16. The van der Waals surface area contributed by atoms with Crippen LogP contribution < -0.4 is 10.1 Å². The topological polar surface area (TPSA) is 108 Å².